The highest BCUT2D eigenvalue weighted by Gasteiger charge is 2.32. The normalized spacial score (nSPS) is 29.3. The predicted octanol–water partition coefficient (Wildman–Crippen LogP) is 4.09. The smallest absolute Gasteiger partial charge is 0.0119 e. The fourth-order valence-corrected chi connectivity index (χ4v) is 3.74. The number of hydrogen-bond donors (Lipinski definition) is 0. The standard InChI is InChI=1S/C13H14S/c1-2-4-12(5-3-1)14-13-9-10-6-7-11(13)8-10/h1-5,9-11H,6-8H2. The van der Waals surface area contributed by atoms with E-state index in [2.05, 4.69) is 36.4 Å². The van der Waals surface area contributed by atoms with Crippen molar-refractivity contribution >= 4 is 11.8 Å². The van der Waals surface area contributed by atoms with E-state index in [4.69, 9.17) is 0 Å². The maximum atomic E-state index is 2.51. The molecule has 2 unspecified atom stereocenters. The van der Waals surface area contributed by atoms with Crippen molar-refractivity contribution in [2.45, 2.75) is 24.2 Å². The average Bonchev–Trinajstić information content (AvgIpc) is 2.81. The molecule has 2 aliphatic rings. The van der Waals surface area contributed by atoms with Gasteiger partial charge >= 0.3 is 0 Å². The van der Waals surface area contributed by atoms with Crippen LogP contribution in [0.4, 0.5) is 0 Å². The number of allylic oxidation sites excluding steroid dienone is 2. The zero-order valence-corrected chi connectivity index (χ0v) is 8.96. The molecule has 2 bridgehead atoms. The summed E-state index contributed by atoms with van der Waals surface area (Å²) >= 11 is 1.98. The number of hydrogen-bond acceptors (Lipinski definition) is 1. The first-order valence-electron chi connectivity index (χ1n) is 5.36. The highest BCUT2D eigenvalue weighted by atomic mass is 32.2. The Balaban J connectivity index is 1.77. The van der Waals surface area contributed by atoms with Gasteiger partial charge in [0.05, 0.1) is 0 Å². The van der Waals surface area contributed by atoms with Crippen LogP contribution < -0.4 is 0 Å². The second-order valence-electron chi connectivity index (χ2n) is 4.25. The van der Waals surface area contributed by atoms with E-state index in [1.165, 1.54) is 24.2 Å². The number of rotatable bonds is 2. The first kappa shape index (κ1) is 8.60. The molecular weight excluding hydrogens is 188 g/mol. The molecular formula is C13H14S. The quantitative estimate of drug-likeness (QED) is 0.696. The van der Waals surface area contributed by atoms with Crippen LogP contribution >= 0.6 is 11.8 Å². The lowest BCUT2D eigenvalue weighted by Gasteiger charge is -2.12. The van der Waals surface area contributed by atoms with Crippen molar-refractivity contribution in [3.05, 3.63) is 41.3 Å². The molecule has 0 heterocycles. The van der Waals surface area contributed by atoms with Crippen molar-refractivity contribution in [3.8, 4) is 0 Å². The van der Waals surface area contributed by atoms with Gasteiger partial charge in [0.2, 0.25) is 0 Å². The van der Waals surface area contributed by atoms with Crippen molar-refractivity contribution in [3.63, 3.8) is 0 Å². The molecule has 3 rings (SSSR count). The van der Waals surface area contributed by atoms with Crippen LogP contribution in [0.15, 0.2) is 46.2 Å². The lowest BCUT2D eigenvalue weighted by atomic mass is 10.1. The Morgan fingerprint density at radius 3 is 2.57 bits per heavy atom. The molecule has 0 radical (unpaired) electrons. The third kappa shape index (κ3) is 1.50. The molecule has 72 valence electrons. The predicted molar refractivity (Wildman–Crippen MR) is 61.2 cm³/mol. The van der Waals surface area contributed by atoms with Crippen LogP contribution in [0.3, 0.4) is 0 Å². The van der Waals surface area contributed by atoms with Crippen molar-refractivity contribution in [2.75, 3.05) is 0 Å². The Morgan fingerprint density at radius 2 is 1.93 bits per heavy atom. The van der Waals surface area contributed by atoms with Gasteiger partial charge in [0.25, 0.3) is 0 Å². The second-order valence-corrected chi connectivity index (χ2v) is 5.40. The molecule has 1 heteroatoms. The third-order valence-electron chi connectivity index (χ3n) is 3.25. The minimum absolute atomic E-state index is 0.894. The van der Waals surface area contributed by atoms with Crippen LogP contribution in [0.5, 0.6) is 0 Å². The zero-order valence-electron chi connectivity index (χ0n) is 8.15. The van der Waals surface area contributed by atoms with E-state index in [-0.39, 0.29) is 0 Å². The van der Waals surface area contributed by atoms with Crippen LogP contribution in [0.1, 0.15) is 19.3 Å². The van der Waals surface area contributed by atoms with Crippen molar-refractivity contribution in [1.29, 1.82) is 0 Å². The molecule has 0 spiro atoms. The zero-order chi connectivity index (χ0) is 9.38. The van der Waals surface area contributed by atoms with Gasteiger partial charge in [-0.15, -0.1) is 0 Å². The van der Waals surface area contributed by atoms with Crippen molar-refractivity contribution in [2.24, 2.45) is 11.8 Å². The Kier molecular flexibility index (Phi) is 2.13. The van der Waals surface area contributed by atoms with E-state index in [0.717, 1.165) is 11.8 Å². The summed E-state index contributed by atoms with van der Waals surface area (Å²) in [5, 5.41) is 0. The summed E-state index contributed by atoms with van der Waals surface area (Å²) in [6, 6.07) is 10.7. The number of thioether (sulfide) groups is 1. The first-order valence-corrected chi connectivity index (χ1v) is 6.18. The van der Waals surface area contributed by atoms with Gasteiger partial charge in [-0.25, -0.2) is 0 Å². The first-order chi connectivity index (χ1) is 6.92. The number of benzene rings is 1. The Labute approximate surface area is 89.4 Å². The van der Waals surface area contributed by atoms with Crippen LogP contribution in [-0.2, 0) is 0 Å². The molecule has 0 amide bonds. The molecule has 0 aromatic heterocycles. The summed E-state index contributed by atoms with van der Waals surface area (Å²) in [6.07, 6.45) is 6.79. The molecule has 0 nitrogen and oxygen atoms in total. The Hall–Kier alpha value is -0.690. The van der Waals surface area contributed by atoms with Crippen LogP contribution in [0.2, 0.25) is 0 Å². The van der Waals surface area contributed by atoms with Crippen LogP contribution in [0.25, 0.3) is 0 Å². The molecule has 0 N–H and O–H groups in total. The van der Waals surface area contributed by atoms with E-state index >= 15 is 0 Å². The summed E-state index contributed by atoms with van der Waals surface area (Å²) in [5.41, 5.74) is 0. The molecule has 1 fully saturated rings. The van der Waals surface area contributed by atoms with E-state index < -0.39 is 0 Å². The van der Waals surface area contributed by atoms with E-state index in [0.29, 0.717) is 0 Å². The highest BCUT2D eigenvalue weighted by molar-refractivity contribution is 8.03. The van der Waals surface area contributed by atoms with E-state index in [1.54, 1.807) is 4.91 Å². The van der Waals surface area contributed by atoms with Crippen molar-refractivity contribution < 1.29 is 0 Å². The average molecular weight is 202 g/mol. The maximum Gasteiger partial charge on any atom is 0.0119 e. The Morgan fingerprint density at radius 1 is 1.07 bits per heavy atom. The lowest BCUT2D eigenvalue weighted by Crippen LogP contribution is -1.92. The van der Waals surface area contributed by atoms with Gasteiger partial charge in [0, 0.05) is 4.90 Å². The monoisotopic (exact) mass is 202 g/mol. The van der Waals surface area contributed by atoms with E-state index in [1.807, 2.05) is 11.8 Å². The molecule has 1 aromatic carbocycles. The fourth-order valence-electron chi connectivity index (χ4n) is 2.54. The summed E-state index contributed by atoms with van der Waals surface area (Å²) in [7, 11) is 0. The SMILES string of the molecule is C1=C(Sc2ccccc2)C2CCC1C2. The van der Waals surface area contributed by atoms with Gasteiger partial charge in [-0.2, -0.15) is 0 Å². The molecule has 14 heavy (non-hydrogen) atoms. The summed E-state index contributed by atoms with van der Waals surface area (Å²) in [6.45, 7) is 0. The molecule has 2 aliphatic carbocycles. The molecule has 0 aliphatic heterocycles. The van der Waals surface area contributed by atoms with Gasteiger partial charge in [-0.05, 0) is 48.1 Å². The Bertz CT molecular complexity index is 353. The third-order valence-corrected chi connectivity index (χ3v) is 4.47. The molecule has 0 saturated heterocycles. The largest absolute Gasteiger partial charge is 0.0946 e. The highest BCUT2D eigenvalue weighted by Crippen LogP contribution is 2.49. The second kappa shape index (κ2) is 3.47. The minimum Gasteiger partial charge on any atom is -0.0946 e. The van der Waals surface area contributed by atoms with Crippen LogP contribution in [-0.4, -0.2) is 0 Å². The van der Waals surface area contributed by atoms with E-state index in [9.17, 15) is 0 Å². The summed E-state index contributed by atoms with van der Waals surface area (Å²) in [4.78, 5) is 3.03. The van der Waals surface area contributed by atoms with Gasteiger partial charge < -0.3 is 0 Å². The minimum atomic E-state index is 0.894. The molecule has 1 saturated carbocycles. The van der Waals surface area contributed by atoms with Crippen LogP contribution in [0, 0.1) is 11.8 Å². The summed E-state index contributed by atoms with van der Waals surface area (Å²) in [5.74, 6) is 1.80. The molecule has 2 atom stereocenters. The fraction of sp³-hybridized carbons (Fsp3) is 0.385. The number of fused-ring (bicyclic) bond motifs is 2. The molecule has 1 aromatic rings. The lowest BCUT2D eigenvalue weighted by molar-refractivity contribution is 0.686. The van der Waals surface area contributed by atoms with Gasteiger partial charge in [0.15, 0.2) is 0 Å². The maximum absolute atomic E-state index is 2.51. The van der Waals surface area contributed by atoms with Gasteiger partial charge in [0.1, 0.15) is 0 Å². The van der Waals surface area contributed by atoms with Crippen molar-refractivity contribution in [1.82, 2.24) is 0 Å². The van der Waals surface area contributed by atoms with Gasteiger partial charge in [-0.1, -0.05) is 36.0 Å². The van der Waals surface area contributed by atoms with Gasteiger partial charge in [-0.3, -0.25) is 0 Å². The summed E-state index contributed by atoms with van der Waals surface area (Å²) < 4.78 is 0. The topological polar surface area (TPSA) is 0 Å².